The Balaban J connectivity index is 1.78. The Morgan fingerprint density at radius 2 is 1.46 bits per heavy atom. The highest BCUT2D eigenvalue weighted by Gasteiger charge is 2.13. The van der Waals surface area contributed by atoms with E-state index in [-0.39, 0.29) is 5.91 Å². The Morgan fingerprint density at radius 1 is 0.885 bits per heavy atom. The molecule has 0 aliphatic heterocycles. The first kappa shape index (κ1) is 17.6. The molecule has 2 aromatic carbocycles. The molecular formula is C18H14N2O5S. The van der Waals surface area contributed by atoms with Gasteiger partial charge in [-0.15, -0.1) is 0 Å². The lowest BCUT2D eigenvalue weighted by atomic mass is 10.1. The molecule has 0 bridgehead atoms. The number of amides is 1. The van der Waals surface area contributed by atoms with Crippen LogP contribution >= 0.6 is 11.3 Å². The number of esters is 2. The number of rotatable bonds is 4. The Kier molecular flexibility index (Phi) is 4.94. The van der Waals surface area contributed by atoms with Crippen molar-refractivity contribution in [1.82, 2.24) is 4.98 Å². The second kappa shape index (κ2) is 7.32. The third-order valence-corrected chi connectivity index (χ3v) is 4.53. The molecule has 3 aromatic rings. The van der Waals surface area contributed by atoms with Gasteiger partial charge in [-0.2, -0.15) is 0 Å². The second-order valence-corrected chi connectivity index (χ2v) is 6.25. The molecule has 8 heteroatoms. The fourth-order valence-corrected chi connectivity index (χ4v) is 3.17. The zero-order chi connectivity index (χ0) is 18.7. The Hall–Kier alpha value is -3.26. The topological polar surface area (TPSA) is 94.6 Å². The fourth-order valence-electron chi connectivity index (χ4n) is 2.27. The van der Waals surface area contributed by atoms with E-state index in [2.05, 4.69) is 15.0 Å². The van der Waals surface area contributed by atoms with E-state index in [4.69, 9.17) is 4.74 Å². The standard InChI is InChI=1S/C18H14N2O5S/c1-24-16(22)11-5-3-10(4-6-11)15(21)20-18-19-13-8-7-12(17(23)25-2)9-14(13)26-18/h3-9H,1-2H3,(H,19,20,21). The molecule has 0 atom stereocenters. The molecule has 0 radical (unpaired) electrons. The lowest BCUT2D eigenvalue weighted by Crippen LogP contribution is -2.12. The number of hydrogen-bond donors (Lipinski definition) is 1. The van der Waals surface area contributed by atoms with Crippen molar-refractivity contribution < 1.29 is 23.9 Å². The van der Waals surface area contributed by atoms with Gasteiger partial charge in [0, 0.05) is 5.56 Å². The largest absolute Gasteiger partial charge is 0.465 e. The molecule has 0 aliphatic rings. The third-order valence-electron chi connectivity index (χ3n) is 3.60. The summed E-state index contributed by atoms with van der Waals surface area (Å²) >= 11 is 1.25. The summed E-state index contributed by atoms with van der Waals surface area (Å²) in [5.41, 5.74) is 1.82. The third kappa shape index (κ3) is 3.55. The normalized spacial score (nSPS) is 10.4. The van der Waals surface area contributed by atoms with E-state index < -0.39 is 11.9 Å². The molecule has 0 aliphatic carbocycles. The highest BCUT2D eigenvalue weighted by molar-refractivity contribution is 7.22. The van der Waals surface area contributed by atoms with Gasteiger partial charge in [0.15, 0.2) is 5.13 Å². The molecule has 26 heavy (non-hydrogen) atoms. The smallest absolute Gasteiger partial charge is 0.337 e. The number of aromatic nitrogens is 1. The summed E-state index contributed by atoms with van der Waals surface area (Å²) in [6.45, 7) is 0. The fraction of sp³-hybridized carbons (Fsp3) is 0.111. The number of methoxy groups -OCH3 is 2. The van der Waals surface area contributed by atoms with E-state index >= 15 is 0 Å². The van der Waals surface area contributed by atoms with Crippen LogP contribution in [0.3, 0.4) is 0 Å². The van der Waals surface area contributed by atoms with Crippen LogP contribution < -0.4 is 5.32 Å². The number of hydrogen-bond acceptors (Lipinski definition) is 7. The molecule has 0 spiro atoms. The molecule has 132 valence electrons. The molecule has 0 saturated carbocycles. The Morgan fingerprint density at radius 3 is 2.12 bits per heavy atom. The van der Waals surface area contributed by atoms with E-state index in [1.165, 1.54) is 49.8 Å². The summed E-state index contributed by atoms with van der Waals surface area (Å²) < 4.78 is 10.1. The van der Waals surface area contributed by atoms with Gasteiger partial charge in [-0.05, 0) is 42.5 Å². The van der Waals surface area contributed by atoms with Gasteiger partial charge in [0.1, 0.15) is 0 Å². The van der Waals surface area contributed by atoms with Crippen molar-refractivity contribution in [3.63, 3.8) is 0 Å². The van der Waals surface area contributed by atoms with Crippen molar-refractivity contribution in [3.8, 4) is 0 Å². The van der Waals surface area contributed by atoms with Crippen LogP contribution in [0.25, 0.3) is 10.2 Å². The van der Waals surface area contributed by atoms with Crippen molar-refractivity contribution in [2.24, 2.45) is 0 Å². The summed E-state index contributed by atoms with van der Waals surface area (Å²) in [6, 6.07) is 11.1. The van der Waals surface area contributed by atoms with Gasteiger partial charge < -0.3 is 9.47 Å². The first-order chi connectivity index (χ1) is 12.5. The van der Waals surface area contributed by atoms with Crippen LogP contribution in [0, 0.1) is 0 Å². The maximum absolute atomic E-state index is 12.3. The van der Waals surface area contributed by atoms with Crippen molar-refractivity contribution >= 4 is 44.5 Å². The number of benzene rings is 2. The lowest BCUT2D eigenvalue weighted by molar-refractivity contribution is 0.0592. The Bertz CT molecular complexity index is 994. The summed E-state index contributed by atoms with van der Waals surface area (Å²) in [6.07, 6.45) is 0. The van der Waals surface area contributed by atoms with E-state index in [1.54, 1.807) is 18.2 Å². The van der Waals surface area contributed by atoms with E-state index in [1.807, 2.05) is 0 Å². The first-order valence-corrected chi connectivity index (χ1v) is 8.32. The number of fused-ring (bicyclic) bond motifs is 1. The van der Waals surface area contributed by atoms with Gasteiger partial charge in [0.25, 0.3) is 5.91 Å². The van der Waals surface area contributed by atoms with Crippen LogP contribution in [0.2, 0.25) is 0 Å². The SMILES string of the molecule is COC(=O)c1ccc(C(=O)Nc2nc3ccc(C(=O)OC)cc3s2)cc1. The average Bonchev–Trinajstić information content (AvgIpc) is 3.08. The van der Waals surface area contributed by atoms with E-state index in [9.17, 15) is 14.4 Å². The van der Waals surface area contributed by atoms with Crippen molar-refractivity contribution in [1.29, 1.82) is 0 Å². The number of anilines is 1. The predicted molar refractivity (Wildman–Crippen MR) is 96.7 cm³/mol. The van der Waals surface area contributed by atoms with Gasteiger partial charge in [-0.1, -0.05) is 11.3 Å². The van der Waals surface area contributed by atoms with E-state index in [0.29, 0.717) is 27.3 Å². The molecule has 1 N–H and O–H groups in total. The van der Waals surface area contributed by atoms with Crippen molar-refractivity contribution in [2.75, 3.05) is 19.5 Å². The highest BCUT2D eigenvalue weighted by Crippen LogP contribution is 2.27. The second-order valence-electron chi connectivity index (χ2n) is 5.22. The van der Waals surface area contributed by atoms with Crippen LogP contribution in [0.1, 0.15) is 31.1 Å². The summed E-state index contributed by atoms with van der Waals surface area (Å²) in [5, 5.41) is 3.12. The molecular weight excluding hydrogens is 356 g/mol. The molecule has 0 unspecified atom stereocenters. The maximum Gasteiger partial charge on any atom is 0.337 e. The molecule has 3 rings (SSSR count). The van der Waals surface area contributed by atoms with Crippen LogP contribution in [-0.2, 0) is 9.47 Å². The minimum atomic E-state index is -0.468. The zero-order valence-electron chi connectivity index (χ0n) is 13.9. The molecule has 1 amide bonds. The van der Waals surface area contributed by atoms with Gasteiger partial charge in [0.2, 0.25) is 0 Å². The Labute approximate surface area is 152 Å². The van der Waals surface area contributed by atoms with Crippen LogP contribution in [0.4, 0.5) is 5.13 Å². The van der Waals surface area contributed by atoms with Crippen LogP contribution in [0.5, 0.6) is 0 Å². The predicted octanol–water partition coefficient (Wildman–Crippen LogP) is 3.12. The molecule has 0 saturated heterocycles. The number of nitrogens with one attached hydrogen (secondary N) is 1. The quantitative estimate of drug-likeness (QED) is 0.709. The van der Waals surface area contributed by atoms with E-state index in [0.717, 1.165) is 4.70 Å². The minimum Gasteiger partial charge on any atom is -0.465 e. The van der Waals surface area contributed by atoms with Crippen molar-refractivity contribution in [3.05, 3.63) is 59.2 Å². The summed E-state index contributed by atoms with van der Waals surface area (Å²) in [7, 11) is 2.61. The minimum absolute atomic E-state index is 0.353. The van der Waals surface area contributed by atoms with Gasteiger partial charge in [-0.3, -0.25) is 10.1 Å². The summed E-state index contributed by atoms with van der Waals surface area (Å²) in [4.78, 5) is 39.7. The number of ether oxygens (including phenoxy) is 2. The van der Waals surface area contributed by atoms with Gasteiger partial charge in [0.05, 0.1) is 35.6 Å². The van der Waals surface area contributed by atoms with Crippen LogP contribution in [-0.4, -0.2) is 37.0 Å². The number of thiazole rings is 1. The van der Waals surface area contributed by atoms with Gasteiger partial charge in [-0.25, -0.2) is 14.6 Å². The number of carbonyl (C=O) groups is 3. The zero-order valence-corrected chi connectivity index (χ0v) is 14.8. The van der Waals surface area contributed by atoms with Crippen molar-refractivity contribution in [2.45, 2.75) is 0 Å². The monoisotopic (exact) mass is 370 g/mol. The van der Waals surface area contributed by atoms with Crippen LogP contribution in [0.15, 0.2) is 42.5 Å². The van der Waals surface area contributed by atoms with Gasteiger partial charge >= 0.3 is 11.9 Å². The molecule has 7 nitrogen and oxygen atoms in total. The maximum atomic E-state index is 12.3. The number of nitrogens with zero attached hydrogens (tertiary/aromatic N) is 1. The molecule has 1 heterocycles. The molecule has 0 fully saturated rings. The first-order valence-electron chi connectivity index (χ1n) is 7.50. The molecule has 1 aromatic heterocycles. The lowest BCUT2D eigenvalue weighted by Gasteiger charge is -2.03. The average molecular weight is 370 g/mol. The highest BCUT2D eigenvalue weighted by atomic mass is 32.1. The number of carbonyl (C=O) groups excluding carboxylic acids is 3. The summed E-state index contributed by atoms with van der Waals surface area (Å²) in [5.74, 6) is -1.25.